The molecule has 0 aromatic rings. The predicted molar refractivity (Wildman–Crippen MR) is 54.9 cm³/mol. The molecule has 1 aliphatic rings. The van der Waals surface area contributed by atoms with Crippen LogP contribution in [-0.4, -0.2) is 30.5 Å². The summed E-state index contributed by atoms with van der Waals surface area (Å²) in [5.41, 5.74) is 0. The molecule has 1 aliphatic heterocycles. The Balaban J connectivity index is 2.22. The third kappa shape index (κ3) is 3.27. The molecule has 1 amide bonds. The van der Waals surface area contributed by atoms with Crippen LogP contribution in [0.25, 0.3) is 0 Å². The van der Waals surface area contributed by atoms with Crippen molar-refractivity contribution in [2.75, 3.05) is 18.5 Å². The average Bonchev–Trinajstić information content (AvgIpc) is 2.52. The molecule has 4 heteroatoms. The Morgan fingerprint density at radius 3 is 3.00 bits per heavy atom. The Labute approximate surface area is 87.3 Å². The molecule has 2 atom stereocenters. The fourth-order valence-electron chi connectivity index (χ4n) is 1.49. The molecule has 0 saturated carbocycles. The van der Waals surface area contributed by atoms with E-state index in [1.807, 2.05) is 6.92 Å². The lowest BCUT2D eigenvalue weighted by molar-refractivity contribution is -0.126. The number of carbonyl (C=O) groups is 1. The summed E-state index contributed by atoms with van der Waals surface area (Å²) in [6.45, 7) is 3.44. The Bertz CT molecular complexity index is 175. The van der Waals surface area contributed by atoms with Gasteiger partial charge in [0.1, 0.15) is 0 Å². The van der Waals surface area contributed by atoms with Crippen LogP contribution in [0.1, 0.15) is 19.8 Å². The van der Waals surface area contributed by atoms with Gasteiger partial charge in [-0.3, -0.25) is 4.79 Å². The van der Waals surface area contributed by atoms with Gasteiger partial charge in [-0.1, -0.05) is 15.9 Å². The first-order chi connectivity index (χ1) is 6.25. The summed E-state index contributed by atoms with van der Waals surface area (Å²) in [4.78, 5) is 11.5. The zero-order chi connectivity index (χ0) is 9.68. The molecule has 1 saturated heterocycles. The fourth-order valence-corrected chi connectivity index (χ4v) is 1.77. The van der Waals surface area contributed by atoms with Gasteiger partial charge in [0.25, 0.3) is 0 Å². The van der Waals surface area contributed by atoms with Gasteiger partial charge >= 0.3 is 0 Å². The van der Waals surface area contributed by atoms with E-state index in [0.717, 1.165) is 31.3 Å². The Morgan fingerprint density at radius 1 is 1.69 bits per heavy atom. The monoisotopic (exact) mass is 249 g/mol. The largest absolute Gasteiger partial charge is 0.378 e. The number of alkyl halides is 1. The molecule has 13 heavy (non-hydrogen) atoms. The maximum Gasteiger partial charge on any atom is 0.225 e. The molecule has 0 aromatic carbocycles. The van der Waals surface area contributed by atoms with Gasteiger partial charge in [0, 0.05) is 18.5 Å². The first kappa shape index (κ1) is 11.0. The highest BCUT2D eigenvalue weighted by Gasteiger charge is 2.30. The summed E-state index contributed by atoms with van der Waals surface area (Å²) >= 11 is 3.32. The van der Waals surface area contributed by atoms with Crippen molar-refractivity contribution in [2.45, 2.75) is 25.9 Å². The molecular weight excluding hydrogens is 234 g/mol. The molecule has 76 valence electrons. The second-order valence-electron chi connectivity index (χ2n) is 3.30. The molecule has 1 heterocycles. The van der Waals surface area contributed by atoms with Gasteiger partial charge in [-0.15, -0.1) is 0 Å². The van der Waals surface area contributed by atoms with Crippen LogP contribution in [0.15, 0.2) is 0 Å². The molecule has 1 fully saturated rings. The van der Waals surface area contributed by atoms with Gasteiger partial charge in [-0.05, 0) is 19.8 Å². The van der Waals surface area contributed by atoms with E-state index in [4.69, 9.17) is 4.74 Å². The summed E-state index contributed by atoms with van der Waals surface area (Å²) in [5.74, 6) is 0.210. The van der Waals surface area contributed by atoms with Crippen molar-refractivity contribution in [1.29, 1.82) is 0 Å². The van der Waals surface area contributed by atoms with Crippen LogP contribution in [0.2, 0.25) is 0 Å². The maximum atomic E-state index is 11.5. The van der Waals surface area contributed by atoms with E-state index in [2.05, 4.69) is 21.2 Å². The minimum Gasteiger partial charge on any atom is -0.378 e. The van der Waals surface area contributed by atoms with Crippen LogP contribution in [0.4, 0.5) is 0 Å². The van der Waals surface area contributed by atoms with Crippen LogP contribution in [0, 0.1) is 5.92 Å². The number of carbonyl (C=O) groups excluding carboxylic acids is 1. The number of hydrogen-bond donors (Lipinski definition) is 1. The number of halogens is 1. The van der Waals surface area contributed by atoms with Crippen molar-refractivity contribution < 1.29 is 9.53 Å². The molecular formula is C9H16BrNO2. The third-order valence-corrected chi connectivity index (χ3v) is 2.88. The summed E-state index contributed by atoms with van der Waals surface area (Å²) in [6.07, 6.45) is 1.93. The summed E-state index contributed by atoms with van der Waals surface area (Å²) in [7, 11) is 0. The first-order valence-corrected chi connectivity index (χ1v) is 5.83. The van der Waals surface area contributed by atoms with Gasteiger partial charge in [0.05, 0.1) is 12.0 Å². The fraction of sp³-hybridized carbons (Fsp3) is 0.889. The van der Waals surface area contributed by atoms with Crippen molar-refractivity contribution in [3.8, 4) is 0 Å². The van der Waals surface area contributed by atoms with Gasteiger partial charge in [0.2, 0.25) is 5.91 Å². The molecule has 0 spiro atoms. The lowest BCUT2D eigenvalue weighted by Crippen LogP contribution is -2.34. The van der Waals surface area contributed by atoms with Crippen molar-refractivity contribution in [1.82, 2.24) is 5.32 Å². The summed E-state index contributed by atoms with van der Waals surface area (Å²) in [6, 6.07) is 0. The Hall–Kier alpha value is -0.0900. The van der Waals surface area contributed by atoms with Gasteiger partial charge in [-0.25, -0.2) is 0 Å². The van der Waals surface area contributed by atoms with Gasteiger partial charge in [0.15, 0.2) is 0 Å². The molecule has 0 aliphatic carbocycles. The quantitative estimate of drug-likeness (QED) is 0.603. The van der Waals surface area contributed by atoms with Gasteiger partial charge in [-0.2, -0.15) is 0 Å². The second kappa shape index (κ2) is 5.60. The Kier molecular flexibility index (Phi) is 4.73. The third-order valence-electron chi connectivity index (χ3n) is 2.32. The van der Waals surface area contributed by atoms with E-state index >= 15 is 0 Å². The highest BCUT2D eigenvalue weighted by atomic mass is 79.9. The maximum absolute atomic E-state index is 11.5. The second-order valence-corrected chi connectivity index (χ2v) is 4.10. The van der Waals surface area contributed by atoms with Gasteiger partial charge < -0.3 is 10.1 Å². The minimum absolute atomic E-state index is 0.0651. The number of rotatable bonds is 4. The Morgan fingerprint density at radius 2 is 2.46 bits per heavy atom. The predicted octanol–water partition coefficient (Wildman–Crippen LogP) is 1.31. The molecule has 3 nitrogen and oxygen atoms in total. The number of amides is 1. The zero-order valence-electron chi connectivity index (χ0n) is 7.88. The number of ether oxygens (including phenoxy) is 1. The van der Waals surface area contributed by atoms with E-state index in [9.17, 15) is 4.79 Å². The first-order valence-electron chi connectivity index (χ1n) is 4.71. The molecule has 2 unspecified atom stereocenters. The van der Waals surface area contributed by atoms with E-state index in [0.29, 0.717) is 0 Å². The lowest BCUT2D eigenvalue weighted by Gasteiger charge is -2.13. The van der Waals surface area contributed by atoms with Crippen molar-refractivity contribution >= 4 is 21.8 Å². The van der Waals surface area contributed by atoms with E-state index in [1.165, 1.54) is 0 Å². The van der Waals surface area contributed by atoms with Crippen LogP contribution in [-0.2, 0) is 9.53 Å². The molecule has 1 N–H and O–H groups in total. The summed E-state index contributed by atoms with van der Waals surface area (Å²) in [5, 5.41) is 3.84. The topological polar surface area (TPSA) is 38.3 Å². The molecule has 0 bridgehead atoms. The standard InChI is InChI=1S/C9H16BrNO2/c1-7-8(3-6-13-7)9(12)11-5-2-4-10/h7-8H,2-6H2,1H3,(H,11,12). The van der Waals surface area contributed by atoms with Crippen LogP contribution in [0.3, 0.4) is 0 Å². The molecule has 1 rings (SSSR count). The highest BCUT2D eigenvalue weighted by Crippen LogP contribution is 2.20. The normalized spacial score (nSPS) is 27.5. The van der Waals surface area contributed by atoms with E-state index < -0.39 is 0 Å². The zero-order valence-corrected chi connectivity index (χ0v) is 9.47. The van der Waals surface area contributed by atoms with Crippen LogP contribution >= 0.6 is 15.9 Å². The average molecular weight is 250 g/mol. The van der Waals surface area contributed by atoms with Crippen LogP contribution in [0.5, 0.6) is 0 Å². The molecule has 0 aromatic heterocycles. The number of hydrogen-bond acceptors (Lipinski definition) is 2. The van der Waals surface area contributed by atoms with Crippen LogP contribution < -0.4 is 5.32 Å². The molecule has 0 radical (unpaired) electrons. The van der Waals surface area contributed by atoms with E-state index in [1.54, 1.807) is 0 Å². The van der Waals surface area contributed by atoms with Crippen molar-refractivity contribution in [2.24, 2.45) is 5.92 Å². The number of nitrogens with one attached hydrogen (secondary N) is 1. The highest BCUT2D eigenvalue weighted by molar-refractivity contribution is 9.09. The van der Waals surface area contributed by atoms with Crippen molar-refractivity contribution in [3.63, 3.8) is 0 Å². The smallest absolute Gasteiger partial charge is 0.225 e. The SMILES string of the molecule is CC1OCCC1C(=O)NCCCBr. The summed E-state index contributed by atoms with van der Waals surface area (Å²) < 4.78 is 5.32. The lowest BCUT2D eigenvalue weighted by atomic mass is 10.0. The van der Waals surface area contributed by atoms with E-state index in [-0.39, 0.29) is 17.9 Å². The minimum atomic E-state index is 0.0651. The van der Waals surface area contributed by atoms with Crippen molar-refractivity contribution in [3.05, 3.63) is 0 Å².